The lowest BCUT2D eigenvalue weighted by atomic mass is 10.3. The molecule has 1 aromatic carbocycles. The highest BCUT2D eigenvalue weighted by molar-refractivity contribution is 5.91. The van der Waals surface area contributed by atoms with Crippen LogP contribution in [0.1, 0.15) is 16.9 Å². The van der Waals surface area contributed by atoms with E-state index in [-0.39, 0.29) is 5.91 Å². The summed E-state index contributed by atoms with van der Waals surface area (Å²) in [6.07, 6.45) is 4.10. The quantitative estimate of drug-likeness (QED) is 0.639. The molecule has 0 aliphatic carbocycles. The number of amides is 1. The van der Waals surface area contributed by atoms with Crippen LogP contribution < -0.4 is 5.32 Å². The van der Waals surface area contributed by atoms with Gasteiger partial charge in [-0.3, -0.25) is 4.79 Å². The van der Waals surface area contributed by atoms with Gasteiger partial charge in [0, 0.05) is 6.54 Å². The lowest BCUT2D eigenvalue weighted by Crippen LogP contribution is -2.24. The van der Waals surface area contributed by atoms with Crippen LogP contribution in [0.3, 0.4) is 0 Å². The van der Waals surface area contributed by atoms with Crippen LogP contribution >= 0.6 is 0 Å². The van der Waals surface area contributed by atoms with Crippen molar-refractivity contribution >= 4 is 5.91 Å². The Labute approximate surface area is 105 Å². The first kappa shape index (κ1) is 12.0. The SMILES string of the molecule is C=CCCNC(=O)c1cn(-c2ccccc2)nn1. The summed E-state index contributed by atoms with van der Waals surface area (Å²) in [5.74, 6) is -0.223. The number of aromatic nitrogens is 3. The van der Waals surface area contributed by atoms with Gasteiger partial charge in [0.2, 0.25) is 0 Å². The summed E-state index contributed by atoms with van der Waals surface area (Å²) in [6, 6.07) is 9.52. The molecule has 18 heavy (non-hydrogen) atoms. The third-order valence-electron chi connectivity index (χ3n) is 2.38. The van der Waals surface area contributed by atoms with Gasteiger partial charge in [0.15, 0.2) is 5.69 Å². The van der Waals surface area contributed by atoms with E-state index < -0.39 is 0 Å². The van der Waals surface area contributed by atoms with E-state index in [1.54, 1.807) is 17.0 Å². The van der Waals surface area contributed by atoms with Gasteiger partial charge in [0.05, 0.1) is 11.9 Å². The minimum absolute atomic E-state index is 0.223. The number of hydrogen-bond donors (Lipinski definition) is 1. The van der Waals surface area contributed by atoms with Crippen LogP contribution in [0.25, 0.3) is 5.69 Å². The Balaban J connectivity index is 2.06. The van der Waals surface area contributed by atoms with Crippen molar-refractivity contribution < 1.29 is 4.79 Å². The van der Waals surface area contributed by atoms with E-state index in [4.69, 9.17) is 0 Å². The van der Waals surface area contributed by atoms with Crippen molar-refractivity contribution in [3.63, 3.8) is 0 Å². The first-order chi connectivity index (χ1) is 8.81. The molecule has 0 bridgehead atoms. The second-order valence-electron chi connectivity index (χ2n) is 3.72. The maximum atomic E-state index is 11.7. The molecule has 0 radical (unpaired) electrons. The molecule has 2 rings (SSSR count). The van der Waals surface area contributed by atoms with Crippen molar-refractivity contribution in [2.45, 2.75) is 6.42 Å². The molecule has 0 aliphatic heterocycles. The van der Waals surface area contributed by atoms with E-state index in [9.17, 15) is 4.79 Å². The highest BCUT2D eigenvalue weighted by Gasteiger charge is 2.10. The predicted molar refractivity (Wildman–Crippen MR) is 68.5 cm³/mol. The van der Waals surface area contributed by atoms with Crippen molar-refractivity contribution in [3.05, 3.63) is 54.9 Å². The zero-order valence-electron chi connectivity index (χ0n) is 9.91. The molecule has 92 valence electrons. The fourth-order valence-electron chi connectivity index (χ4n) is 1.45. The third-order valence-corrected chi connectivity index (χ3v) is 2.38. The van der Waals surface area contributed by atoms with E-state index >= 15 is 0 Å². The number of rotatable bonds is 5. The van der Waals surface area contributed by atoms with Gasteiger partial charge >= 0.3 is 0 Å². The van der Waals surface area contributed by atoms with Gasteiger partial charge in [-0.25, -0.2) is 4.68 Å². The second-order valence-corrected chi connectivity index (χ2v) is 3.72. The molecule has 5 heteroatoms. The van der Waals surface area contributed by atoms with Crippen molar-refractivity contribution in [2.75, 3.05) is 6.54 Å². The lowest BCUT2D eigenvalue weighted by Gasteiger charge is -1.99. The first-order valence-electron chi connectivity index (χ1n) is 5.68. The molecule has 0 aliphatic rings. The Morgan fingerprint density at radius 3 is 2.89 bits per heavy atom. The number of hydrogen-bond acceptors (Lipinski definition) is 3. The minimum atomic E-state index is -0.223. The van der Waals surface area contributed by atoms with Crippen LogP contribution in [0.5, 0.6) is 0 Å². The summed E-state index contributed by atoms with van der Waals surface area (Å²) in [6.45, 7) is 4.15. The number of benzene rings is 1. The van der Waals surface area contributed by atoms with E-state index in [1.807, 2.05) is 30.3 Å². The summed E-state index contributed by atoms with van der Waals surface area (Å²) in [4.78, 5) is 11.7. The number of para-hydroxylation sites is 1. The molecule has 1 aromatic heterocycles. The molecule has 0 spiro atoms. The maximum Gasteiger partial charge on any atom is 0.273 e. The maximum absolute atomic E-state index is 11.7. The number of carbonyl (C=O) groups excluding carboxylic acids is 1. The second kappa shape index (κ2) is 5.77. The topological polar surface area (TPSA) is 59.8 Å². The highest BCUT2D eigenvalue weighted by atomic mass is 16.2. The standard InChI is InChI=1S/C13H14N4O/c1-2-3-9-14-13(18)12-10-17(16-15-12)11-7-5-4-6-8-11/h2,4-8,10H,1,3,9H2,(H,14,18). The van der Waals surface area contributed by atoms with Crippen LogP contribution in [0, 0.1) is 0 Å². The van der Waals surface area contributed by atoms with Crippen molar-refractivity contribution in [1.82, 2.24) is 20.3 Å². The van der Waals surface area contributed by atoms with Crippen LogP contribution in [0.4, 0.5) is 0 Å². The van der Waals surface area contributed by atoms with E-state index in [0.717, 1.165) is 12.1 Å². The Bertz CT molecular complexity index is 533. The minimum Gasteiger partial charge on any atom is -0.350 e. The van der Waals surface area contributed by atoms with Crippen LogP contribution in [0.2, 0.25) is 0 Å². The molecule has 2 aromatic rings. The van der Waals surface area contributed by atoms with Gasteiger partial charge in [-0.05, 0) is 18.6 Å². The first-order valence-corrected chi connectivity index (χ1v) is 5.68. The number of nitrogens with zero attached hydrogens (tertiary/aromatic N) is 3. The van der Waals surface area contributed by atoms with E-state index in [2.05, 4.69) is 22.2 Å². The van der Waals surface area contributed by atoms with Gasteiger partial charge in [-0.1, -0.05) is 29.5 Å². The Kier molecular flexibility index (Phi) is 3.86. The third kappa shape index (κ3) is 2.82. The number of carbonyl (C=O) groups is 1. The van der Waals surface area contributed by atoms with Crippen LogP contribution in [-0.4, -0.2) is 27.4 Å². The molecule has 0 unspecified atom stereocenters. The Morgan fingerprint density at radius 1 is 1.39 bits per heavy atom. The fourth-order valence-corrected chi connectivity index (χ4v) is 1.45. The van der Waals surface area contributed by atoms with Gasteiger partial charge in [0.25, 0.3) is 5.91 Å². The molecule has 1 N–H and O–H groups in total. The van der Waals surface area contributed by atoms with E-state index in [0.29, 0.717) is 12.2 Å². The number of nitrogens with one attached hydrogen (secondary N) is 1. The summed E-state index contributed by atoms with van der Waals surface area (Å²) in [5.41, 5.74) is 1.18. The van der Waals surface area contributed by atoms with Gasteiger partial charge in [0.1, 0.15) is 0 Å². The Hall–Kier alpha value is -2.43. The fraction of sp³-hybridized carbons (Fsp3) is 0.154. The largest absolute Gasteiger partial charge is 0.350 e. The summed E-state index contributed by atoms with van der Waals surface area (Å²) >= 11 is 0. The van der Waals surface area contributed by atoms with Crippen LogP contribution in [-0.2, 0) is 0 Å². The summed E-state index contributed by atoms with van der Waals surface area (Å²) in [5, 5.41) is 10.5. The predicted octanol–water partition coefficient (Wildman–Crippen LogP) is 1.57. The van der Waals surface area contributed by atoms with Crippen LogP contribution in [0.15, 0.2) is 49.2 Å². The average Bonchev–Trinajstić information content (AvgIpc) is 2.89. The molecule has 0 saturated carbocycles. The normalized spacial score (nSPS) is 10.0. The average molecular weight is 242 g/mol. The molecule has 5 nitrogen and oxygen atoms in total. The van der Waals surface area contributed by atoms with Gasteiger partial charge in [-0.15, -0.1) is 11.7 Å². The molecular formula is C13H14N4O. The molecule has 1 heterocycles. The lowest BCUT2D eigenvalue weighted by molar-refractivity contribution is 0.0949. The molecule has 0 saturated heterocycles. The molecular weight excluding hydrogens is 228 g/mol. The van der Waals surface area contributed by atoms with Crippen molar-refractivity contribution in [1.29, 1.82) is 0 Å². The summed E-state index contributed by atoms with van der Waals surface area (Å²) in [7, 11) is 0. The summed E-state index contributed by atoms with van der Waals surface area (Å²) < 4.78 is 1.57. The van der Waals surface area contributed by atoms with Gasteiger partial charge < -0.3 is 5.32 Å². The Morgan fingerprint density at radius 2 is 2.17 bits per heavy atom. The van der Waals surface area contributed by atoms with Gasteiger partial charge in [-0.2, -0.15) is 0 Å². The molecule has 0 atom stereocenters. The molecule has 0 fully saturated rings. The highest BCUT2D eigenvalue weighted by Crippen LogP contribution is 2.05. The zero-order chi connectivity index (χ0) is 12.8. The smallest absolute Gasteiger partial charge is 0.273 e. The molecule has 1 amide bonds. The zero-order valence-corrected chi connectivity index (χ0v) is 9.91. The van der Waals surface area contributed by atoms with Crippen molar-refractivity contribution in [2.24, 2.45) is 0 Å². The van der Waals surface area contributed by atoms with E-state index in [1.165, 1.54) is 0 Å². The van der Waals surface area contributed by atoms with Crippen molar-refractivity contribution in [3.8, 4) is 5.69 Å². The monoisotopic (exact) mass is 242 g/mol.